The van der Waals surface area contributed by atoms with Crippen LogP contribution >= 0.6 is 11.6 Å². The predicted octanol–water partition coefficient (Wildman–Crippen LogP) is 1.50. The number of rotatable bonds is 10. The fraction of sp³-hybridized carbons (Fsp3) is 0.391. The normalized spacial score (nSPS) is 13.8. The van der Waals surface area contributed by atoms with Crippen LogP contribution in [-0.2, 0) is 22.6 Å². The van der Waals surface area contributed by atoms with E-state index in [1.807, 2.05) is 0 Å². The van der Waals surface area contributed by atoms with Crippen molar-refractivity contribution in [3.63, 3.8) is 0 Å². The molecule has 1 aliphatic rings. The van der Waals surface area contributed by atoms with Gasteiger partial charge in [0, 0.05) is 24.7 Å². The van der Waals surface area contributed by atoms with Crippen molar-refractivity contribution < 1.29 is 24.2 Å². The van der Waals surface area contributed by atoms with Gasteiger partial charge >= 0.3 is 5.97 Å². The lowest BCUT2D eigenvalue weighted by Crippen LogP contribution is -2.40. The topological polar surface area (TPSA) is 127 Å². The maximum Gasteiger partial charge on any atom is 0.313 e. The SMILES string of the molecule is CCOC(=O)C1(CNC(=O)c2ccc(C(=O)NCc3ccc(Cl)cc3)c(=O)n2CCO)CC1. The number of esters is 1. The van der Waals surface area contributed by atoms with E-state index in [1.165, 1.54) is 12.1 Å². The number of hydrogen-bond donors (Lipinski definition) is 3. The smallest absolute Gasteiger partial charge is 0.313 e. The van der Waals surface area contributed by atoms with Crippen molar-refractivity contribution in [2.45, 2.75) is 32.9 Å². The number of aliphatic hydroxyl groups is 1. The largest absolute Gasteiger partial charge is 0.466 e. The van der Waals surface area contributed by atoms with Crippen LogP contribution in [0.2, 0.25) is 5.02 Å². The van der Waals surface area contributed by atoms with Crippen molar-refractivity contribution in [3.8, 4) is 0 Å². The van der Waals surface area contributed by atoms with E-state index in [4.69, 9.17) is 16.3 Å². The summed E-state index contributed by atoms with van der Waals surface area (Å²) in [5, 5.41) is 15.3. The van der Waals surface area contributed by atoms with Crippen LogP contribution in [0, 0.1) is 5.41 Å². The van der Waals surface area contributed by atoms with Crippen molar-refractivity contribution >= 4 is 29.4 Å². The van der Waals surface area contributed by atoms with Crippen molar-refractivity contribution in [2.75, 3.05) is 19.8 Å². The van der Waals surface area contributed by atoms with Gasteiger partial charge in [-0.2, -0.15) is 0 Å². The Labute approximate surface area is 195 Å². The fourth-order valence-corrected chi connectivity index (χ4v) is 3.51. The Bertz CT molecular complexity index is 1090. The molecule has 33 heavy (non-hydrogen) atoms. The first-order chi connectivity index (χ1) is 15.8. The van der Waals surface area contributed by atoms with Gasteiger partial charge in [0.1, 0.15) is 11.3 Å². The molecule has 0 unspecified atom stereocenters. The minimum Gasteiger partial charge on any atom is -0.466 e. The third kappa shape index (κ3) is 5.80. The second kappa shape index (κ2) is 10.6. The van der Waals surface area contributed by atoms with E-state index >= 15 is 0 Å². The average Bonchev–Trinajstić information content (AvgIpc) is 3.60. The van der Waals surface area contributed by atoms with E-state index in [1.54, 1.807) is 31.2 Å². The monoisotopic (exact) mass is 475 g/mol. The fourth-order valence-electron chi connectivity index (χ4n) is 3.38. The minimum atomic E-state index is -0.727. The molecule has 1 heterocycles. The molecule has 0 spiro atoms. The number of carbonyl (C=O) groups is 3. The maximum atomic E-state index is 12.9. The average molecular weight is 476 g/mol. The number of carbonyl (C=O) groups excluding carboxylic acids is 3. The number of benzene rings is 1. The number of hydrogen-bond acceptors (Lipinski definition) is 6. The zero-order chi connectivity index (χ0) is 24.0. The van der Waals surface area contributed by atoms with Crippen LogP contribution in [-0.4, -0.2) is 47.2 Å². The molecule has 176 valence electrons. The lowest BCUT2D eigenvalue weighted by atomic mass is 10.1. The first kappa shape index (κ1) is 24.5. The van der Waals surface area contributed by atoms with E-state index in [-0.39, 0.29) is 43.5 Å². The van der Waals surface area contributed by atoms with Crippen molar-refractivity contribution in [3.05, 3.63) is 68.6 Å². The van der Waals surface area contributed by atoms with Crippen LogP contribution < -0.4 is 16.2 Å². The summed E-state index contributed by atoms with van der Waals surface area (Å²) >= 11 is 5.85. The van der Waals surface area contributed by atoms with Crippen LogP contribution in [0.15, 0.2) is 41.2 Å². The van der Waals surface area contributed by atoms with Gasteiger partial charge in [-0.25, -0.2) is 0 Å². The van der Waals surface area contributed by atoms with Gasteiger partial charge in [-0.05, 0) is 49.6 Å². The zero-order valence-corrected chi connectivity index (χ0v) is 19.0. The lowest BCUT2D eigenvalue weighted by Gasteiger charge is -2.17. The summed E-state index contributed by atoms with van der Waals surface area (Å²) < 4.78 is 6.11. The van der Waals surface area contributed by atoms with Gasteiger partial charge in [-0.3, -0.25) is 19.2 Å². The van der Waals surface area contributed by atoms with Gasteiger partial charge in [0.15, 0.2) is 0 Å². The van der Waals surface area contributed by atoms with Crippen LogP contribution in [0.4, 0.5) is 0 Å². The van der Waals surface area contributed by atoms with Gasteiger partial charge in [0.2, 0.25) is 0 Å². The number of halogens is 1. The molecule has 1 saturated carbocycles. The van der Waals surface area contributed by atoms with E-state index in [9.17, 15) is 24.3 Å². The van der Waals surface area contributed by atoms with Crippen molar-refractivity contribution in [1.82, 2.24) is 15.2 Å². The highest BCUT2D eigenvalue weighted by atomic mass is 35.5. The summed E-state index contributed by atoms with van der Waals surface area (Å²) in [5.41, 5.74) is -0.788. The second-order valence-corrected chi connectivity index (χ2v) is 8.24. The third-order valence-electron chi connectivity index (χ3n) is 5.49. The number of amides is 2. The Hall–Kier alpha value is -3.17. The number of pyridine rings is 1. The molecule has 0 atom stereocenters. The van der Waals surface area contributed by atoms with Crippen LogP contribution in [0.3, 0.4) is 0 Å². The molecule has 0 bridgehead atoms. The third-order valence-corrected chi connectivity index (χ3v) is 5.74. The summed E-state index contributed by atoms with van der Waals surface area (Å²) in [5.74, 6) is -1.54. The van der Waals surface area contributed by atoms with Crippen molar-refractivity contribution in [1.29, 1.82) is 0 Å². The number of aliphatic hydroxyl groups excluding tert-OH is 1. The number of nitrogens with zero attached hydrogens (tertiary/aromatic N) is 1. The Morgan fingerprint density at radius 3 is 2.39 bits per heavy atom. The molecule has 1 aromatic carbocycles. The Balaban J connectivity index is 1.73. The Kier molecular flexibility index (Phi) is 7.88. The molecule has 1 fully saturated rings. The van der Waals surface area contributed by atoms with E-state index in [0.29, 0.717) is 17.9 Å². The highest BCUT2D eigenvalue weighted by Gasteiger charge is 2.51. The molecule has 10 heteroatoms. The van der Waals surface area contributed by atoms with Crippen molar-refractivity contribution in [2.24, 2.45) is 5.41 Å². The molecule has 0 radical (unpaired) electrons. The summed E-state index contributed by atoms with van der Waals surface area (Å²) in [6.45, 7) is 1.68. The summed E-state index contributed by atoms with van der Waals surface area (Å²) in [4.78, 5) is 50.3. The molecular formula is C23H26ClN3O6. The van der Waals surface area contributed by atoms with E-state index < -0.39 is 29.4 Å². The highest BCUT2D eigenvalue weighted by Crippen LogP contribution is 2.46. The van der Waals surface area contributed by atoms with E-state index in [2.05, 4.69) is 10.6 Å². The molecule has 1 aliphatic carbocycles. The van der Waals surface area contributed by atoms with Gasteiger partial charge < -0.3 is 25.0 Å². The first-order valence-corrected chi connectivity index (χ1v) is 11.0. The molecular weight excluding hydrogens is 450 g/mol. The molecule has 0 aliphatic heterocycles. The first-order valence-electron chi connectivity index (χ1n) is 10.6. The van der Waals surface area contributed by atoms with Gasteiger partial charge in [0.05, 0.1) is 18.6 Å². The summed E-state index contributed by atoms with van der Waals surface area (Å²) in [6.07, 6.45) is 1.23. The second-order valence-electron chi connectivity index (χ2n) is 7.81. The van der Waals surface area contributed by atoms with E-state index in [0.717, 1.165) is 10.1 Å². The van der Waals surface area contributed by atoms with Gasteiger partial charge in [-0.1, -0.05) is 23.7 Å². The number of nitrogens with one attached hydrogen (secondary N) is 2. The molecule has 2 aromatic rings. The highest BCUT2D eigenvalue weighted by molar-refractivity contribution is 6.30. The molecule has 3 N–H and O–H groups in total. The predicted molar refractivity (Wildman–Crippen MR) is 121 cm³/mol. The molecule has 3 rings (SSSR count). The molecule has 1 aromatic heterocycles. The quantitative estimate of drug-likeness (QED) is 0.447. The molecule has 2 amide bonds. The number of aromatic nitrogens is 1. The Morgan fingerprint density at radius 2 is 1.79 bits per heavy atom. The summed E-state index contributed by atoms with van der Waals surface area (Å²) in [7, 11) is 0. The Morgan fingerprint density at radius 1 is 1.09 bits per heavy atom. The standard InChI is InChI=1S/C23H26ClN3O6/c1-2-33-22(32)23(9-10-23)14-26-20(30)18-8-7-17(21(31)27(18)11-12-28)19(29)25-13-15-3-5-16(24)6-4-15/h3-8,28H,2,9-14H2,1H3,(H,25,29)(H,26,30). The zero-order valence-electron chi connectivity index (χ0n) is 18.2. The molecule has 0 saturated heterocycles. The van der Waals surface area contributed by atoms with Crippen LogP contribution in [0.5, 0.6) is 0 Å². The summed E-state index contributed by atoms with van der Waals surface area (Å²) in [6, 6.07) is 9.52. The van der Waals surface area contributed by atoms with Gasteiger partial charge in [-0.15, -0.1) is 0 Å². The van der Waals surface area contributed by atoms with Crippen LogP contribution in [0.25, 0.3) is 0 Å². The minimum absolute atomic E-state index is 0.0111. The molecule has 9 nitrogen and oxygen atoms in total. The van der Waals surface area contributed by atoms with Gasteiger partial charge in [0.25, 0.3) is 17.4 Å². The maximum absolute atomic E-state index is 12.9. The number of ether oxygens (including phenoxy) is 1. The van der Waals surface area contributed by atoms with Crippen LogP contribution in [0.1, 0.15) is 46.2 Å². The lowest BCUT2D eigenvalue weighted by molar-refractivity contribution is -0.149.